The molecule has 0 radical (unpaired) electrons. The summed E-state index contributed by atoms with van der Waals surface area (Å²) in [6, 6.07) is 2.27. The molecule has 0 aliphatic heterocycles. The Bertz CT molecular complexity index is 477. The highest BCUT2D eigenvalue weighted by molar-refractivity contribution is 5.89. The van der Waals surface area contributed by atoms with E-state index in [9.17, 15) is 4.79 Å². The maximum absolute atomic E-state index is 12.8. The molecule has 2 unspecified atom stereocenters. The molecular formula is C17H28N2O2. The molecule has 1 saturated carbocycles. The summed E-state index contributed by atoms with van der Waals surface area (Å²) in [6.45, 7) is 8.96. The molecule has 21 heavy (non-hydrogen) atoms. The van der Waals surface area contributed by atoms with Gasteiger partial charge in [-0.15, -0.1) is 0 Å². The number of ketones is 1. The molecule has 118 valence electrons. The number of carbonyl (C=O) groups is 1. The van der Waals surface area contributed by atoms with Crippen LogP contribution in [0.1, 0.15) is 65.1 Å². The fraction of sp³-hybridized carbons (Fsp3) is 0.765. The molecule has 1 aromatic rings. The zero-order chi connectivity index (χ0) is 15.5. The molecule has 1 aliphatic rings. The summed E-state index contributed by atoms with van der Waals surface area (Å²) in [7, 11) is 0. The van der Waals surface area contributed by atoms with E-state index in [1.807, 2.05) is 23.9 Å². The minimum Gasteiger partial charge on any atom is -0.367 e. The number of rotatable bonds is 6. The Morgan fingerprint density at radius 1 is 1.57 bits per heavy atom. The monoisotopic (exact) mass is 292 g/mol. The van der Waals surface area contributed by atoms with Crippen LogP contribution in [0.4, 0.5) is 0 Å². The van der Waals surface area contributed by atoms with Gasteiger partial charge in [0.15, 0.2) is 5.78 Å². The molecule has 1 aliphatic carbocycles. The van der Waals surface area contributed by atoms with E-state index in [1.165, 1.54) is 6.42 Å². The topological polar surface area (TPSA) is 44.1 Å². The van der Waals surface area contributed by atoms with Crippen molar-refractivity contribution in [2.24, 2.45) is 5.92 Å². The third-order valence-corrected chi connectivity index (χ3v) is 4.42. The Morgan fingerprint density at radius 3 is 2.90 bits per heavy atom. The highest BCUT2D eigenvalue weighted by atomic mass is 16.5. The van der Waals surface area contributed by atoms with E-state index in [1.54, 1.807) is 0 Å². The molecule has 0 aromatic carbocycles. The first kappa shape index (κ1) is 16.2. The van der Waals surface area contributed by atoms with Crippen LogP contribution in [0.15, 0.2) is 12.3 Å². The van der Waals surface area contributed by atoms with Crippen LogP contribution in [0.5, 0.6) is 0 Å². The first-order chi connectivity index (χ1) is 9.97. The highest BCUT2D eigenvalue weighted by Gasteiger charge is 2.42. The van der Waals surface area contributed by atoms with Crippen molar-refractivity contribution in [1.82, 2.24) is 9.78 Å². The number of ether oxygens (including phenoxy) is 1. The van der Waals surface area contributed by atoms with E-state index in [0.29, 0.717) is 25.0 Å². The van der Waals surface area contributed by atoms with Crippen molar-refractivity contribution in [3.8, 4) is 0 Å². The number of aromatic nitrogens is 2. The van der Waals surface area contributed by atoms with Gasteiger partial charge in [-0.2, -0.15) is 5.10 Å². The van der Waals surface area contributed by atoms with Crippen molar-refractivity contribution >= 4 is 5.78 Å². The van der Waals surface area contributed by atoms with Gasteiger partial charge in [-0.3, -0.25) is 9.48 Å². The molecule has 1 heterocycles. The molecule has 2 rings (SSSR count). The van der Waals surface area contributed by atoms with E-state index in [4.69, 9.17) is 4.74 Å². The number of hydrogen-bond donors (Lipinski definition) is 0. The van der Waals surface area contributed by atoms with E-state index >= 15 is 0 Å². The minimum absolute atomic E-state index is 0.199. The van der Waals surface area contributed by atoms with Crippen LogP contribution in [-0.4, -0.2) is 27.8 Å². The van der Waals surface area contributed by atoms with Crippen LogP contribution in [0.3, 0.4) is 0 Å². The van der Waals surface area contributed by atoms with Crippen LogP contribution >= 0.6 is 0 Å². The van der Waals surface area contributed by atoms with Crippen molar-refractivity contribution in [2.75, 3.05) is 6.61 Å². The Kier molecular flexibility index (Phi) is 5.20. The first-order valence-corrected chi connectivity index (χ1v) is 8.18. The van der Waals surface area contributed by atoms with Crippen molar-refractivity contribution in [1.29, 1.82) is 0 Å². The standard InChI is InChI=1S/C17H28N2O2/c1-5-21-17(9-6-7-14(4)12-17)16(20)11-15-8-10-19(18-15)13(2)3/h8,10,13-14H,5-7,9,11-12H2,1-4H3. The van der Waals surface area contributed by atoms with Gasteiger partial charge in [-0.1, -0.05) is 13.3 Å². The average molecular weight is 292 g/mol. The van der Waals surface area contributed by atoms with Gasteiger partial charge in [0.1, 0.15) is 5.60 Å². The number of hydrogen-bond acceptors (Lipinski definition) is 3. The lowest BCUT2D eigenvalue weighted by Gasteiger charge is -2.38. The Hall–Kier alpha value is -1.16. The molecule has 2 atom stereocenters. The predicted molar refractivity (Wildman–Crippen MR) is 83.3 cm³/mol. The number of carbonyl (C=O) groups excluding carboxylic acids is 1. The second-order valence-electron chi connectivity index (χ2n) is 6.61. The summed E-state index contributed by atoms with van der Waals surface area (Å²) in [5.74, 6) is 0.757. The van der Waals surface area contributed by atoms with Gasteiger partial charge in [0.2, 0.25) is 0 Å². The summed E-state index contributed by atoms with van der Waals surface area (Å²) in [6.07, 6.45) is 6.31. The maximum atomic E-state index is 12.8. The molecule has 0 saturated heterocycles. The summed E-state index contributed by atoms with van der Waals surface area (Å²) in [5, 5.41) is 4.50. The SMILES string of the molecule is CCOC1(C(=O)Cc2ccn(C(C)C)n2)CCCC(C)C1. The van der Waals surface area contributed by atoms with Crippen molar-refractivity contribution in [3.05, 3.63) is 18.0 Å². The van der Waals surface area contributed by atoms with Gasteiger partial charge in [-0.05, 0) is 52.0 Å². The lowest BCUT2D eigenvalue weighted by molar-refractivity contribution is -0.150. The molecule has 1 aromatic heterocycles. The van der Waals surface area contributed by atoms with Crippen LogP contribution in [0.25, 0.3) is 0 Å². The van der Waals surface area contributed by atoms with E-state index in [-0.39, 0.29) is 5.78 Å². The first-order valence-electron chi connectivity index (χ1n) is 8.18. The summed E-state index contributed by atoms with van der Waals surface area (Å²) < 4.78 is 7.85. The van der Waals surface area contributed by atoms with Crippen LogP contribution in [0.2, 0.25) is 0 Å². The number of Topliss-reactive ketones (excluding diaryl/α,β-unsaturated/α-hetero) is 1. The zero-order valence-corrected chi connectivity index (χ0v) is 13.8. The van der Waals surface area contributed by atoms with Crippen molar-refractivity contribution in [2.45, 2.75) is 71.4 Å². The Balaban J connectivity index is 2.10. The van der Waals surface area contributed by atoms with Crippen LogP contribution < -0.4 is 0 Å². The number of nitrogens with zero attached hydrogens (tertiary/aromatic N) is 2. The summed E-state index contributed by atoms with van der Waals surface area (Å²) in [5.41, 5.74) is 0.277. The van der Waals surface area contributed by atoms with Crippen molar-refractivity contribution in [3.63, 3.8) is 0 Å². The van der Waals surface area contributed by atoms with Gasteiger partial charge in [0, 0.05) is 18.8 Å². The van der Waals surface area contributed by atoms with Crippen LogP contribution in [0, 0.1) is 5.92 Å². The molecule has 4 nitrogen and oxygen atoms in total. The normalized spacial score (nSPS) is 26.2. The van der Waals surface area contributed by atoms with Gasteiger partial charge in [0.25, 0.3) is 0 Å². The van der Waals surface area contributed by atoms with E-state index in [2.05, 4.69) is 25.9 Å². The fourth-order valence-electron chi connectivity index (χ4n) is 3.33. The molecular weight excluding hydrogens is 264 g/mol. The molecule has 1 fully saturated rings. The third-order valence-electron chi connectivity index (χ3n) is 4.42. The quantitative estimate of drug-likeness (QED) is 0.805. The Labute approximate surface area is 127 Å². The van der Waals surface area contributed by atoms with E-state index in [0.717, 1.165) is 25.0 Å². The molecule has 0 spiro atoms. The maximum Gasteiger partial charge on any atom is 0.170 e. The largest absolute Gasteiger partial charge is 0.367 e. The second kappa shape index (κ2) is 6.73. The Morgan fingerprint density at radius 2 is 2.33 bits per heavy atom. The van der Waals surface area contributed by atoms with Gasteiger partial charge >= 0.3 is 0 Å². The second-order valence-corrected chi connectivity index (χ2v) is 6.61. The molecule has 4 heteroatoms. The molecule has 0 N–H and O–H groups in total. The van der Waals surface area contributed by atoms with E-state index < -0.39 is 5.60 Å². The smallest absolute Gasteiger partial charge is 0.170 e. The third kappa shape index (κ3) is 3.73. The average Bonchev–Trinajstić information content (AvgIpc) is 2.87. The van der Waals surface area contributed by atoms with Gasteiger partial charge in [-0.25, -0.2) is 0 Å². The lowest BCUT2D eigenvalue weighted by Crippen LogP contribution is -2.46. The summed E-state index contributed by atoms with van der Waals surface area (Å²) >= 11 is 0. The summed E-state index contributed by atoms with van der Waals surface area (Å²) in [4.78, 5) is 12.8. The zero-order valence-electron chi connectivity index (χ0n) is 13.8. The van der Waals surface area contributed by atoms with Crippen molar-refractivity contribution < 1.29 is 9.53 Å². The van der Waals surface area contributed by atoms with Crippen LogP contribution in [-0.2, 0) is 16.0 Å². The molecule has 0 bridgehead atoms. The fourth-order valence-corrected chi connectivity index (χ4v) is 3.33. The van der Waals surface area contributed by atoms with Gasteiger partial charge in [0.05, 0.1) is 12.1 Å². The van der Waals surface area contributed by atoms with Gasteiger partial charge < -0.3 is 4.74 Å². The minimum atomic E-state index is -0.575. The lowest BCUT2D eigenvalue weighted by atomic mass is 9.75. The highest BCUT2D eigenvalue weighted by Crippen LogP contribution is 2.36. The molecule has 0 amide bonds. The predicted octanol–water partition coefficient (Wildman–Crippen LogP) is 3.56.